The molecule has 0 amide bonds. The third-order valence-electron chi connectivity index (χ3n) is 4.78. The topological polar surface area (TPSA) is 59.8 Å². The number of β-amino-alcohol motifs (C(OH)–C–C–N with tert-alkyl or cyclic N) is 1. The van der Waals surface area contributed by atoms with Gasteiger partial charge in [0.05, 0.1) is 12.6 Å². The molecule has 2 aromatic rings. The van der Waals surface area contributed by atoms with Gasteiger partial charge in [-0.1, -0.05) is 6.07 Å². The molecule has 0 spiro atoms. The first-order chi connectivity index (χ1) is 11.2. The van der Waals surface area contributed by atoms with Crippen LogP contribution >= 0.6 is 0 Å². The zero-order valence-electron chi connectivity index (χ0n) is 13.2. The van der Waals surface area contributed by atoms with E-state index in [-0.39, 0.29) is 18.8 Å². The van der Waals surface area contributed by atoms with Gasteiger partial charge in [0.15, 0.2) is 11.5 Å². The van der Waals surface area contributed by atoms with E-state index in [4.69, 9.17) is 9.47 Å². The number of rotatable bonds is 3. The minimum atomic E-state index is -0.385. The van der Waals surface area contributed by atoms with Gasteiger partial charge >= 0.3 is 0 Å². The zero-order chi connectivity index (χ0) is 15.8. The van der Waals surface area contributed by atoms with E-state index in [0.717, 1.165) is 42.4 Å². The maximum absolute atomic E-state index is 10.6. The van der Waals surface area contributed by atoms with Gasteiger partial charge in [0.25, 0.3) is 0 Å². The summed E-state index contributed by atoms with van der Waals surface area (Å²) in [5.74, 6) is 2.74. The van der Waals surface area contributed by atoms with Crippen LogP contribution in [0.1, 0.15) is 23.7 Å². The second-order valence-electron chi connectivity index (χ2n) is 6.26. The molecule has 0 unspecified atom stereocenters. The van der Waals surface area contributed by atoms with Gasteiger partial charge in [-0.05, 0) is 30.7 Å². The quantitative estimate of drug-likeness (QED) is 0.930. The zero-order valence-corrected chi connectivity index (χ0v) is 13.2. The lowest BCUT2D eigenvalue weighted by Crippen LogP contribution is -2.42. The summed E-state index contributed by atoms with van der Waals surface area (Å²) < 4.78 is 12.8. The molecule has 1 aromatic carbocycles. The maximum Gasteiger partial charge on any atom is 0.231 e. The average Bonchev–Trinajstić information content (AvgIpc) is 3.16. The number of likely N-dealkylation sites (tertiary alicyclic amines) is 1. The molecule has 1 aromatic heterocycles. The normalized spacial score (nSPS) is 24.1. The van der Waals surface area contributed by atoms with Crippen LogP contribution in [-0.2, 0) is 13.6 Å². The van der Waals surface area contributed by atoms with Crippen LogP contribution in [0.4, 0.5) is 0 Å². The summed E-state index contributed by atoms with van der Waals surface area (Å²) in [4.78, 5) is 6.62. The van der Waals surface area contributed by atoms with Crippen LogP contribution in [0.25, 0.3) is 0 Å². The van der Waals surface area contributed by atoms with Gasteiger partial charge in [0, 0.05) is 31.9 Å². The lowest BCUT2D eigenvalue weighted by molar-refractivity contribution is 0.0461. The Morgan fingerprint density at radius 1 is 1.30 bits per heavy atom. The van der Waals surface area contributed by atoms with Crippen LogP contribution in [-0.4, -0.2) is 45.5 Å². The van der Waals surface area contributed by atoms with E-state index in [2.05, 4.69) is 9.88 Å². The van der Waals surface area contributed by atoms with Crippen LogP contribution in [0.5, 0.6) is 11.5 Å². The molecule has 2 aliphatic heterocycles. The standard InChI is InChI=1S/C17H21N3O3/c1-19-7-5-18-17(19)10-20-6-4-13(14(21)9-20)12-2-3-15-16(8-12)23-11-22-15/h2-3,5,7-8,13-14,21H,4,6,9-11H2,1H3/t13-,14+/m0/s1. The first kappa shape index (κ1) is 14.5. The highest BCUT2D eigenvalue weighted by molar-refractivity contribution is 5.45. The van der Waals surface area contributed by atoms with E-state index in [1.54, 1.807) is 0 Å². The molecule has 6 nitrogen and oxygen atoms in total. The van der Waals surface area contributed by atoms with Crippen molar-refractivity contribution in [3.63, 3.8) is 0 Å². The summed E-state index contributed by atoms with van der Waals surface area (Å²) >= 11 is 0. The van der Waals surface area contributed by atoms with Crippen molar-refractivity contribution in [2.75, 3.05) is 19.9 Å². The molecule has 0 bridgehead atoms. The Balaban J connectivity index is 1.44. The molecule has 3 heterocycles. The van der Waals surface area contributed by atoms with Gasteiger partial charge in [0.1, 0.15) is 5.82 Å². The number of nitrogens with zero attached hydrogens (tertiary/aromatic N) is 3. The Bertz CT molecular complexity index is 700. The summed E-state index contributed by atoms with van der Waals surface area (Å²) in [6, 6.07) is 5.98. The van der Waals surface area contributed by atoms with E-state index in [1.807, 2.05) is 42.2 Å². The van der Waals surface area contributed by atoms with Crippen LogP contribution in [0.3, 0.4) is 0 Å². The number of imidazole rings is 1. The summed E-state index contributed by atoms with van der Waals surface area (Å²) in [6.45, 7) is 2.66. The van der Waals surface area contributed by atoms with Gasteiger partial charge < -0.3 is 19.1 Å². The molecular formula is C17H21N3O3. The van der Waals surface area contributed by atoms with E-state index in [1.165, 1.54) is 0 Å². The molecule has 2 aliphatic rings. The Kier molecular flexibility index (Phi) is 3.71. The molecule has 1 saturated heterocycles. The van der Waals surface area contributed by atoms with Crippen molar-refractivity contribution in [2.45, 2.75) is 25.0 Å². The highest BCUT2D eigenvalue weighted by atomic mass is 16.7. The molecule has 122 valence electrons. The van der Waals surface area contributed by atoms with Crippen molar-refractivity contribution < 1.29 is 14.6 Å². The number of hydrogen-bond donors (Lipinski definition) is 1. The molecule has 4 rings (SSSR count). The molecule has 0 aliphatic carbocycles. The molecule has 23 heavy (non-hydrogen) atoms. The molecule has 0 saturated carbocycles. The SMILES string of the molecule is Cn1ccnc1CN1CC[C@@H](c2ccc3c(c2)OCO3)[C@H](O)C1. The number of piperidine rings is 1. The Labute approximate surface area is 135 Å². The van der Waals surface area contributed by atoms with Crippen LogP contribution in [0.15, 0.2) is 30.6 Å². The van der Waals surface area contributed by atoms with E-state index < -0.39 is 0 Å². The lowest BCUT2D eigenvalue weighted by Gasteiger charge is -2.36. The monoisotopic (exact) mass is 315 g/mol. The number of aliphatic hydroxyl groups is 1. The fourth-order valence-electron chi connectivity index (χ4n) is 3.42. The number of hydrogen-bond acceptors (Lipinski definition) is 5. The Hall–Kier alpha value is -2.05. The summed E-state index contributed by atoms with van der Waals surface area (Å²) in [7, 11) is 2.00. The molecule has 6 heteroatoms. The fourth-order valence-corrected chi connectivity index (χ4v) is 3.42. The number of aryl methyl sites for hydroxylation is 1. The Morgan fingerprint density at radius 2 is 2.17 bits per heavy atom. The highest BCUT2D eigenvalue weighted by Gasteiger charge is 2.30. The van der Waals surface area contributed by atoms with Crippen molar-refractivity contribution in [2.24, 2.45) is 7.05 Å². The molecular weight excluding hydrogens is 294 g/mol. The molecule has 1 N–H and O–H groups in total. The first-order valence-electron chi connectivity index (χ1n) is 7.97. The number of ether oxygens (including phenoxy) is 2. The van der Waals surface area contributed by atoms with Gasteiger partial charge in [-0.2, -0.15) is 0 Å². The number of aliphatic hydroxyl groups excluding tert-OH is 1. The predicted molar refractivity (Wildman–Crippen MR) is 84.4 cm³/mol. The largest absolute Gasteiger partial charge is 0.454 e. The van der Waals surface area contributed by atoms with Gasteiger partial charge in [-0.25, -0.2) is 4.98 Å². The first-order valence-corrected chi connectivity index (χ1v) is 7.97. The third-order valence-corrected chi connectivity index (χ3v) is 4.78. The minimum Gasteiger partial charge on any atom is -0.454 e. The lowest BCUT2D eigenvalue weighted by atomic mass is 9.87. The van der Waals surface area contributed by atoms with E-state index in [9.17, 15) is 5.11 Å². The smallest absolute Gasteiger partial charge is 0.231 e. The molecule has 0 radical (unpaired) electrons. The predicted octanol–water partition coefficient (Wildman–Crippen LogP) is 1.50. The maximum atomic E-state index is 10.6. The number of benzene rings is 1. The van der Waals surface area contributed by atoms with Crippen LogP contribution in [0.2, 0.25) is 0 Å². The van der Waals surface area contributed by atoms with Crippen molar-refractivity contribution in [1.82, 2.24) is 14.5 Å². The van der Waals surface area contributed by atoms with Gasteiger partial charge in [-0.15, -0.1) is 0 Å². The number of aromatic nitrogens is 2. The van der Waals surface area contributed by atoms with E-state index >= 15 is 0 Å². The Morgan fingerprint density at radius 3 is 2.96 bits per heavy atom. The van der Waals surface area contributed by atoms with Crippen molar-refractivity contribution in [3.8, 4) is 11.5 Å². The summed E-state index contributed by atoms with van der Waals surface area (Å²) in [6.07, 6.45) is 4.30. The fraction of sp³-hybridized carbons (Fsp3) is 0.471. The van der Waals surface area contributed by atoms with Crippen LogP contribution in [0, 0.1) is 0 Å². The summed E-state index contributed by atoms with van der Waals surface area (Å²) in [5, 5.41) is 10.6. The van der Waals surface area contributed by atoms with Crippen LogP contribution < -0.4 is 9.47 Å². The average molecular weight is 315 g/mol. The summed E-state index contributed by atoms with van der Waals surface area (Å²) in [5.41, 5.74) is 1.12. The van der Waals surface area contributed by atoms with E-state index in [0.29, 0.717) is 6.54 Å². The molecule has 2 atom stereocenters. The van der Waals surface area contributed by atoms with Crippen molar-refractivity contribution >= 4 is 0 Å². The van der Waals surface area contributed by atoms with Crippen molar-refractivity contribution in [3.05, 3.63) is 42.0 Å². The van der Waals surface area contributed by atoms with Gasteiger partial charge in [-0.3, -0.25) is 4.90 Å². The minimum absolute atomic E-state index is 0.141. The van der Waals surface area contributed by atoms with Gasteiger partial charge in [0.2, 0.25) is 6.79 Å². The third kappa shape index (κ3) is 2.80. The molecule has 1 fully saturated rings. The second-order valence-corrected chi connectivity index (χ2v) is 6.26. The second kappa shape index (κ2) is 5.86. The highest BCUT2D eigenvalue weighted by Crippen LogP contribution is 2.37. The number of fused-ring (bicyclic) bond motifs is 1. The van der Waals surface area contributed by atoms with Crippen molar-refractivity contribution in [1.29, 1.82) is 0 Å².